The van der Waals surface area contributed by atoms with E-state index in [0.717, 1.165) is 18.5 Å². The third kappa shape index (κ3) is 3.00. The highest BCUT2D eigenvalue weighted by Gasteiger charge is 2.10. The van der Waals surface area contributed by atoms with Crippen LogP contribution in [-0.4, -0.2) is 35.7 Å². The van der Waals surface area contributed by atoms with Gasteiger partial charge in [0.1, 0.15) is 0 Å². The smallest absolute Gasteiger partial charge is 0.257 e. The van der Waals surface area contributed by atoms with Crippen LogP contribution in [0.1, 0.15) is 5.82 Å². The Morgan fingerprint density at radius 1 is 1.39 bits per heavy atom. The molecule has 2 aromatic rings. The van der Waals surface area contributed by atoms with E-state index < -0.39 is 0 Å². The first kappa shape index (κ1) is 12.9. The highest BCUT2D eigenvalue weighted by atomic mass is 35.5. The lowest BCUT2D eigenvalue weighted by atomic mass is 10.2. The summed E-state index contributed by atoms with van der Waals surface area (Å²) >= 11 is 5.95. The van der Waals surface area contributed by atoms with E-state index >= 15 is 0 Å². The van der Waals surface area contributed by atoms with Crippen molar-refractivity contribution in [3.8, 4) is 11.5 Å². The maximum absolute atomic E-state index is 5.95. The number of rotatable bonds is 4. The fraction of sp³-hybridized carbons (Fsp3) is 0.333. The summed E-state index contributed by atoms with van der Waals surface area (Å²) in [5.74, 6) is 1.15. The van der Waals surface area contributed by atoms with Gasteiger partial charge >= 0.3 is 0 Å². The lowest BCUT2D eigenvalue weighted by Gasteiger charge is -2.05. The van der Waals surface area contributed by atoms with Crippen LogP contribution in [-0.2, 0) is 6.42 Å². The molecule has 0 saturated heterocycles. The van der Waals surface area contributed by atoms with E-state index in [0.29, 0.717) is 22.4 Å². The molecule has 0 fully saturated rings. The van der Waals surface area contributed by atoms with Gasteiger partial charge in [0, 0.05) is 18.5 Å². The number of benzene rings is 1. The predicted octanol–water partition coefficient (Wildman–Crippen LogP) is 2.08. The molecule has 5 nitrogen and oxygen atoms in total. The van der Waals surface area contributed by atoms with Gasteiger partial charge in [0.2, 0.25) is 0 Å². The number of nitrogens with zero attached hydrogens (tertiary/aromatic N) is 3. The number of hydrogen-bond acceptors (Lipinski definition) is 5. The van der Waals surface area contributed by atoms with E-state index in [1.54, 1.807) is 12.1 Å². The van der Waals surface area contributed by atoms with Gasteiger partial charge in [0.05, 0.1) is 10.7 Å². The number of hydrogen-bond donors (Lipinski definition) is 1. The predicted molar refractivity (Wildman–Crippen MR) is 71.4 cm³/mol. The highest BCUT2D eigenvalue weighted by molar-refractivity contribution is 6.33. The molecule has 1 aromatic heterocycles. The minimum absolute atomic E-state index is 0.464. The average molecular weight is 267 g/mol. The number of anilines is 1. The first-order chi connectivity index (χ1) is 8.56. The molecule has 0 aliphatic rings. The Balaban J connectivity index is 2.16. The van der Waals surface area contributed by atoms with Crippen molar-refractivity contribution in [2.24, 2.45) is 0 Å². The van der Waals surface area contributed by atoms with Crippen molar-refractivity contribution in [2.45, 2.75) is 6.42 Å². The van der Waals surface area contributed by atoms with Crippen LogP contribution in [0.25, 0.3) is 11.5 Å². The van der Waals surface area contributed by atoms with E-state index in [-0.39, 0.29) is 0 Å². The van der Waals surface area contributed by atoms with Crippen LogP contribution >= 0.6 is 11.6 Å². The van der Waals surface area contributed by atoms with Crippen LogP contribution in [0, 0.1) is 0 Å². The second kappa shape index (κ2) is 5.37. The van der Waals surface area contributed by atoms with E-state index in [4.69, 9.17) is 21.9 Å². The molecule has 0 aliphatic heterocycles. The van der Waals surface area contributed by atoms with Crippen LogP contribution in [0.15, 0.2) is 22.7 Å². The van der Waals surface area contributed by atoms with Gasteiger partial charge in [0.25, 0.3) is 5.89 Å². The molecule has 0 aliphatic carbocycles. The summed E-state index contributed by atoms with van der Waals surface area (Å²) in [6, 6.07) is 5.26. The van der Waals surface area contributed by atoms with E-state index in [1.807, 2.05) is 20.2 Å². The number of likely N-dealkylation sites (N-methyl/N-ethyl adjacent to an activating group) is 1. The normalized spacial score (nSPS) is 11.1. The first-order valence-corrected chi connectivity index (χ1v) is 5.97. The maximum atomic E-state index is 5.95. The number of nitrogens with two attached hydrogens (primary N) is 1. The monoisotopic (exact) mass is 266 g/mol. The lowest BCUT2D eigenvalue weighted by Crippen LogP contribution is -2.15. The minimum atomic E-state index is 0.464. The fourth-order valence-corrected chi connectivity index (χ4v) is 1.64. The van der Waals surface area contributed by atoms with Crippen molar-refractivity contribution < 1.29 is 4.52 Å². The summed E-state index contributed by atoms with van der Waals surface area (Å²) in [5, 5.41) is 4.42. The minimum Gasteiger partial charge on any atom is -0.398 e. The Labute approximate surface area is 111 Å². The molecule has 0 atom stereocenters. The SMILES string of the molecule is CN(C)CCc1noc(-c2ccc(N)c(Cl)c2)n1. The molecule has 0 spiro atoms. The number of halogens is 1. The molecule has 2 N–H and O–H groups in total. The van der Waals surface area contributed by atoms with E-state index in [9.17, 15) is 0 Å². The Morgan fingerprint density at radius 3 is 2.83 bits per heavy atom. The van der Waals surface area contributed by atoms with Crippen LogP contribution in [0.5, 0.6) is 0 Å². The van der Waals surface area contributed by atoms with Gasteiger partial charge in [-0.15, -0.1) is 0 Å². The quantitative estimate of drug-likeness (QED) is 0.858. The molecule has 0 saturated carbocycles. The second-order valence-electron chi connectivity index (χ2n) is 4.31. The summed E-state index contributed by atoms with van der Waals surface area (Å²) in [4.78, 5) is 6.38. The zero-order valence-corrected chi connectivity index (χ0v) is 11.1. The standard InChI is InChI=1S/C12H15ClN4O/c1-17(2)6-5-11-15-12(18-16-11)8-3-4-10(14)9(13)7-8/h3-4,7H,5-6,14H2,1-2H3. The van der Waals surface area contributed by atoms with Gasteiger partial charge in [-0.2, -0.15) is 4.98 Å². The second-order valence-corrected chi connectivity index (χ2v) is 4.71. The van der Waals surface area contributed by atoms with Crippen molar-refractivity contribution in [3.63, 3.8) is 0 Å². The number of nitrogen functional groups attached to an aromatic ring is 1. The molecule has 6 heteroatoms. The van der Waals surface area contributed by atoms with Gasteiger partial charge in [-0.25, -0.2) is 0 Å². The molecule has 1 heterocycles. The summed E-state index contributed by atoms with van der Waals surface area (Å²) in [6.07, 6.45) is 0.749. The lowest BCUT2D eigenvalue weighted by molar-refractivity contribution is 0.392. The molecule has 1 aromatic carbocycles. The van der Waals surface area contributed by atoms with Crippen molar-refractivity contribution in [2.75, 3.05) is 26.4 Å². The molecule has 0 radical (unpaired) electrons. The summed E-state index contributed by atoms with van der Waals surface area (Å²) in [6.45, 7) is 0.876. The van der Waals surface area contributed by atoms with Gasteiger partial charge in [-0.1, -0.05) is 16.8 Å². The van der Waals surface area contributed by atoms with Gasteiger partial charge < -0.3 is 15.2 Å². The van der Waals surface area contributed by atoms with Crippen molar-refractivity contribution >= 4 is 17.3 Å². The number of aromatic nitrogens is 2. The Kier molecular flexibility index (Phi) is 3.84. The molecule has 18 heavy (non-hydrogen) atoms. The van der Waals surface area contributed by atoms with Gasteiger partial charge in [-0.3, -0.25) is 0 Å². The Bertz CT molecular complexity index is 539. The molecule has 2 rings (SSSR count). The van der Waals surface area contributed by atoms with E-state index in [2.05, 4.69) is 15.0 Å². The summed E-state index contributed by atoms with van der Waals surface area (Å²) in [5.41, 5.74) is 6.96. The van der Waals surface area contributed by atoms with Crippen LogP contribution in [0.3, 0.4) is 0 Å². The zero-order chi connectivity index (χ0) is 13.1. The Morgan fingerprint density at radius 2 is 2.17 bits per heavy atom. The molecule has 0 bridgehead atoms. The maximum Gasteiger partial charge on any atom is 0.257 e. The third-order valence-electron chi connectivity index (χ3n) is 2.50. The molecule has 0 amide bonds. The summed E-state index contributed by atoms with van der Waals surface area (Å²) in [7, 11) is 4.00. The molecular weight excluding hydrogens is 252 g/mol. The van der Waals surface area contributed by atoms with Crippen LogP contribution in [0.4, 0.5) is 5.69 Å². The summed E-state index contributed by atoms with van der Waals surface area (Å²) < 4.78 is 5.20. The first-order valence-electron chi connectivity index (χ1n) is 5.59. The van der Waals surface area contributed by atoms with Crippen molar-refractivity contribution in [1.82, 2.24) is 15.0 Å². The van der Waals surface area contributed by atoms with Gasteiger partial charge in [-0.05, 0) is 32.3 Å². The van der Waals surface area contributed by atoms with Crippen molar-refractivity contribution in [3.05, 3.63) is 29.0 Å². The average Bonchev–Trinajstić information content (AvgIpc) is 2.79. The third-order valence-corrected chi connectivity index (χ3v) is 2.83. The molecule has 96 valence electrons. The topological polar surface area (TPSA) is 68.2 Å². The zero-order valence-electron chi connectivity index (χ0n) is 10.4. The Hall–Kier alpha value is -1.59. The molecular formula is C12H15ClN4O. The van der Waals surface area contributed by atoms with Crippen LogP contribution in [0.2, 0.25) is 5.02 Å². The van der Waals surface area contributed by atoms with Crippen LogP contribution < -0.4 is 5.73 Å². The largest absolute Gasteiger partial charge is 0.398 e. The molecule has 0 unspecified atom stereocenters. The fourth-order valence-electron chi connectivity index (χ4n) is 1.46. The highest BCUT2D eigenvalue weighted by Crippen LogP contribution is 2.25. The van der Waals surface area contributed by atoms with Crippen molar-refractivity contribution in [1.29, 1.82) is 0 Å². The van der Waals surface area contributed by atoms with E-state index in [1.165, 1.54) is 0 Å². The van der Waals surface area contributed by atoms with Gasteiger partial charge in [0.15, 0.2) is 5.82 Å².